The maximum absolute atomic E-state index is 12.4. The highest BCUT2D eigenvalue weighted by Crippen LogP contribution is 2.30. The van der Waals surface area contributed by atoms with E-state index in [0.717, 1.165) is 31.6 Å². The molecular weight excluding hydrogens is 286 g/mol. The van der Waals surface area contributed by atoms with Gasteiger partial charge in [-0.05, 0) is 41.7 Å². The first kappa shape index (κ1) is 14.1. The van der Waals surface area contributed by atoms with Crippen molar-refractivity contribution in [3.63, 3.8) is 0 Å². The SMILES string of the molecule is Cn1cnnc1C1CCCN1C(=O)NCCc1ccsc1. The van der Waals surface area contributed by atoms with E-state index in [0.29, 0.717) is 6.54 Å². The molecule has 0 saturated carbocycles. The molecule has 112 valence electrons. The lowest BCUT2D eigenvalue weighted by atomic mass is 10.2. The summed E-state index contributed by atoms with van der Waals surface area (Å²) in [6.07, 6.45) is 4.51. The molecule has 6 nitrogen and oxygen atoms in total. The van der Waals surface area contributed by atoms with Crippen molar-refractivity contribution in [2.75, 3.05) is 13.1 Å². The highest BCUT2D eigenvalue weighted by atomic mass is 32.1. The Kier molecular flexibility index (Phi) is 4.19. The number of aryl methyl sites for hydroxylation is 1. The van der Waals surface area contributed by atoms with Crippen LogP contribution in [0.1, 0.15) is 30.3 Å². The van der Waals surface area contributed by atoms with E-state index in [2.05, 4.69) is 32.3 Å². The molecule has 0 aromatic carbocycles. The molecule has 2 aromatic rings. The van der Waals surface area contributed by atoms with Crippen LogP contribution in [0.2, 0.25) is 0 Å². The summed E-state index contributed by atoms with van der Waals surface area (Å²) in [5.74, 6) is 0.862. The topological polar surface area (TPSA) is 63.1 Å². The Labute approximate surface area is 127 Å². The number of nitrogens with zero attached hydrogens (tertiary/aromatic N) is 4. The van der Waals surface area contributed by atoms with E-state index in [4.69, 9.17) is 0 Å². The second-order valence-corrected chi connectivity index (χ2v) is 6.05. The molecule has 1 unspecified atom stereocenters. The molecular formula is C14H19N5OS. The molecule has 0 spiro atoms. The lowest BCUT2D eigenvalue weighted by Gasteiger charge is -2.24. The van der Waals surface area contributed by atoms with Crippen LogP contribution >= 0.6 is 11.3 Å². The number of hydrogen-bond donors (Lipinski definition) is 1. The maximum Gasteiger partial charge on any atom is 0.318 e. The second-order valence-electron chi connectivity index (χ2n) is 5.26. The summed E-state index contributed by atoms with van der Waals surface area (Å²) in [6, 6.07) is 2.13. The third-order valence-corrected chi connectivity index (χ3v) is 4.56. The molecule has 2 aromatic heterocycles. The fourth-order valence-corrected chi connectivity index (χ4v) is 3.43. The molecule has 21 heavy (non-hydrogen) atoms. The predicted octanol–water partition coefficient (Wildman–Crippen LogP) is 1.97. The van der Waals surface area contributed by atoms with E-state index in [1.54, 1.807) is 17.7 Å². The minimum atomic E-state index is -0.00395. The van der Waals surface area contributed by atoms with Gasteiger partial charge in [0.15, 0.2) is 5.82 Å². The highest BCUT2D eigenvalue weighted by molar-refractivity contribution is 7.07. The van der Waals surface area contributed by atoms with Crippen molar-refractivity contribution in [3.8, 4) is 0 Å². The summed E-state index contributed by atoms with van der Waals surface area (Å²) in [5.41, 5.74) is 1.27. The smallest absolute Gasteiger partial charge is 0.318 e. The first-order valence-electron chi connectivity index (χ1n) is 7.15. The molecule has 1 aliphatic heterocycles. The average molecular weight is 305 g/mol. The Bertz CT molecular complexity index is 594. The number of nitrogens with one attached hydrogen (secondary N) is 1. The van der Waals surface area contributed by atoms with Gasteiger partial charge in [0.05, 0.1) is 6.04 Å². The van der Waals surface area contributed by atoms with Crippen molar-refractivity contribution < 1.29 is 4.79 Å². The van der Waals surface area contributed by atoms with Crippen LogP contribution in [-0.4, -0.2) is 38.8 Å². The highest BCUT2D eigenvalue weighted by Gasteiger charge is 2.32. The zero-order valence-electron chi connectivity index (χ0n) is 12.0. The average Bonchev–Trinajstić information content (AvgIpc) is 3.18. The Morgan fingerprint density at radius 1 is 1.57 bits per heavy atom. The van der Waals surface area contributed by atoms with Crippen molar-refractivity contribution in [2.24, 2.45) is 7.05 Å². The Balaban J connectivity index is 1.57. The molecule has 1 aliphatic rings. The number of amides is 2. The van der Waals surface area contributed by atoms with Crippen molar-refractivity contribution in [3.05, 3.63) is 34.5 Å². The van der Waals surface area contributed by atoms with Crippen molar-refractivity contribution in [1.29, 1.82) is 0 Å². The summed E-state index contributed by atoms with van der Waals surface area (Å²) < 4.78 is 1.89. The van der Waals surface area contributed by atoms with Crippen LogP contribution < -0.4 is 5.32 Å². The van der Waals surface area contributed by atoms with Crippen LogP contribution in [0.5, 0.6) is 0 Å². The van der Waals surface area contributed by atoms with Crippen LogP contribution in [-0.2, 0) is 13.5 Å². The van der Waals surface area contributed by atoms with Gasteiger partial charge in [0.25, 0.3) is 0 Å². The van der Waals surface area contributed by atoms with E-state index in [9.17, 15) is 4.79 Å². The van der Waals surface area contributed by atoms with Gasteiger partial charge in [0.2, 0.25) is 0 Å². The van der Waals surface area contributed by atoms with Crippen LogP contribution in [0.3, 0.4) is 0 Å². The van der Waals surface area contributed by atoms with E-state index in [1.807, 2.05) is 16.5 Å². The number of rotatable bonds is 4. The molecule has 3 heterocycles. The standard InChI is InChI=1S/C14H19N5OS/c1-18-10-16-17-13(18)12-3-2-7-19(12)14(20)15-6-4-11-5-8-21-9-11/h5,8-10,12H,2-4,6-7H2,1H3,(H,15,20). The third-order valence-electron chi connectivity index (χ3n) is 3.83. The lowest BCUT2D eigenvalue weighted by Crippen LogP contribution is -2.40. The Morgan fingerprint density at radius 3 is 3.19 bits per heavy atom. The molecule has 1 saturated heterocycles. The normalized spacial score (nSPS) is 18.1. The summed E-state index contributed by atoms with van der Waals surface area (Å²) in [7, 11) is 1.92. The molecule has 0 radical (unpaired) electrons. The molecule has 1 fully saturated rings. The van der Waals surface area contributed by atoms with Gasteiger partial charge >= 0.3 is 6.03 Å². The summed E-state index contributed by atoms with van der Waals surface area (Å²) in [5, 5.41) is 15.2. The molecule has 7 heteroatoms. The summed E-state index contributed by atoms with van der Waals surface area (Å²) in [4.78, 5) is 14.2. The van der Waals surface area contributed by atoms with Crippen molar-refractivity contribution >= 4 is 17.4 Å². The molecule has 3 rings (SSSR count). The van der Waals surface area contributed by atoms with Gasteiger partial charge in [-0.15, -0.1) is 10.2 Å². The van der Waals surface area contributed by atoms with Crippen LogP contribution in [0, 0.1) is 0 Å². The zero-order valence-corrected chi connectivity index (χ0v) is 12.8. The van der Waals surface area contributed by atoms with Crippen molar-refractivity contribution in [2.45, 2.75) is 25.3 Å². The quantitative estimate of drug-likeness (QED) is 0.939. The summed E-state index contributed by atoms with van der Waals surface area (Å²) in [6.45, 7) is 1.44. The number of carbonyl (C=O) groups excluding carboxylic acids is 1. The minimum Gasteiger partial charge on any atom is -0.338 e. The van der Waals surface area contributed by atoms with Crippen LogP contribution in [0.25, 0.3) is 0 Å². The number of carbonyl (C=O) groups is 1. The molecule has 0 aliphatic carbocycles. The number of likely N-dealkylation sites (tertiary alicyclic amines) is 1. The van der Waals surface area contributed by atoms with Gasteiger partial charge in [0.1, 0.15) is 6.33 Å². The first-order chi connectivity index (χ1) is 10.3. The monoisotopic (exact) mass is 305 g/mol. The molecule has 1 atom stereocenters. The summed E-state index contributed by atoms with van der Waals surface area (Å²) >= 11 is 1.68. The van der Waals surface area contributed by atoms with E-state index in [1.165, 1.54) is 5.56 Å². The number of thiophene rings is 1. The van der Waals surface area contributed by atoms with E-state index >= 15 is 0 Å². The van der Waals surface area contributed by atoms with Crippen molar-refractivity contribution in [1.82, 2.24) is 25.0 Å². The maximum atomic E-state index is 12.4. The fourth-order valence-electron chi connectivity index (χ4n) is 2.72. The molecule has 2 amide bonds. The van der Waals surface area contributed by atoms with Crippen LogP contribution in [0.4, 0.5) is 4.79 Å². The fraction of sp³-hybridized carbons (Fsp3) is 0.500. The van der Waals surface area contributed by atoms with Gasteiger partial charge in [-0.3, -0.25) is 0 Å². The van der Waals surface area contributed by atoms with E-state index in [-0.39, 0.29) is 12.1 Å². The second kappa shape index (κ2) is 6.26. The Hall–Kier alpha value is -1.89. The van der Waals surface area contributed by atoms with E-state index < -0.39 is 0 Å². The lowest BCUT2D eigenvalue weighted by molar-refractivity contribution is 0.190. The van der Waals surface area contributed by atoms with Gasteiger partial charge in [0, 0.05) is 20.1 Å². The first-order valence-corrected chi connectivity index (χ1v) is 8.09. The predicted molar refractivity (Wildman–Crippen MR) is 81.1 cm³/mol. The Morgan fingerprint density at radius 2 is 2.48 bits per heavy atom. The molecule has 0 bridgehead atoms. The minimum absolute atomic E-state index is 0.00395. The number of urea groups is 1. The van der Waals surface area contributed by atoms with Gasteiger partial charge < -0.3 is 14.8 Å². The largest absolute Gasteiger partial charge is 0.338 e. The van der Waals surface area contributed by atoms with Gasteiger partial charge in [-0.1, -0.05) is 0 Å². The van der Waals surface area contributed by atoms with Gasteiger partial charge in [-0.25, -0.2) is 4.79 Å². The third kappa shape index (κ3) is 3.07. The number of aromatic nitrogens is 3. The molecule has 1 N–H and O–H groups in total. The van der Waals surface area contributed by atoms with Crippen LogP contribution in [0.15, 0.2) is 23.2 Å². The number of hydrogen-bond acceptors (Lipinski definition) is 4. The van der Waals surface area contributed by atoms with Gasteiger partial charge in [-0.2, -0.15) is 11.3 Å². The zero-order chi connectivity index (χ0) is 14.7.